The summed E-state index contributed by atoms with van der Waals surface area (Å²) in [6, 6.07) is 6.38. The van der Waals surface area contributed by atoms with E-state index in [0.717, 1.165) is 24.6 Å². The minimum Gasteiger partial charge on any atom is -0.493 e. The minimum absolute atomic E-state index is 0.00900. The summed E-state index contributed by atoms with van der Waals surface area (Å²) in [5.74, 6) is 1.58. The first-order valence-electron chi connectivity index (χ1n) is 8.76. The van der Waals surface area contributed by atoms with Gasteiger partial charge in [0.1, 0.15) is 0 Å². The molecule has 1 heterocycles. The molecule has 4 nitrogen and oxygen atoms in total. The predicted molar refractivity (Wildman–Crippen MR) is 128 cm³/mol. The Balaban J connectivity index is 0.00000163. The fraction of sp³-hybridized carbons (Fsp3) is 0.700. The monoisotopic (exact) mass is 588 g/mol. The third-order valence-corrected chi connectivity index (χ3v) is 6.88. The summed E-state index contributed by atoms with van der Waals surface area (Å²) in [4.78, 5) is 4.80. The number of rotatable bonds is 5. The van der Waals surface area contributed by atoms with E-state index < -0.39 is 0 Å². The maximum Gasteiger partial charge on any atom is 0.161 e. The van der Waals surface area contributed by atoms with Crippen LogP contribution in [0.5, 0.6) is 11.5 Å². The summed E-state index contributed by atoms with van der Waals surface area (Å²) in [7, 11) is 9.96. The fourth-order valence-electron chi connectivity index (χ4n) is 4.44. The normalized spacial score (nSPS) is 26.5. The summed E-state index contributed by atoms with van der Waals surface area (Å²) in [6.45, 7) is 11.6. The molecule has 150 valence electrons. The quantitative estimate of drug-likeness (QED) is 0.452. The van der Waals surface area contributed by atoms with E-state index in [9.17, 15) is 0 Å². The van der Waals surface area contributed by atoms with Crippen LogP contribution in [0.25, 0.3) is 0 Å². The highest BCUT2D eigenvalue weighted by Gasteiger charge is 2.59. The molecule has 1 aromatic rings. The summed E-state index contributed by atoms with van der Waals surface area (Å²) in [5.41, 5.74) is 1.44. The molecule has 2 unspecified atom stereocenters. The summed E-state index contributed by atoms with van der Waals surface area (Å²) in [5, 5.41) is 0. The van der Waals surface area contributed by atoms with Gasteiger partial charge in [0.2, 0.25) is 0 Å². The molecule has 1 aromatic carbocycles. The highest BCUT2D eigenvalue weighted by Crippen LogP contribution is 2.55. The van der Waals surface area contributed by atoms with Crippen LogP contribution in [0.3, 0.4) is 0 Å². The number of benzene rings is 1. The van der Waals surface area contributed by atoms with Crippen LogP contribution in [0.4, 0.5) is 0 Å². The van der Waals surface area contributed by atoms with Gasteiger partial charge in [-0.3, -0.25) is 0 Å². The van der Waals surface area contributed by atoms with Crippen molar-refractivity contribution in [1.82, 2.24) is 9.80 Å². The van der Waals surface area contributed by atoms with Gasteiger partial charge in [0.05, 0.1) is 14.2 Å². The van der Waals surface area contributed by atoms with E-state index in [0.29, 0.717) is 0 Å². The average Bonchev–Trinajstić information content (AvgIpc) is 2.86. The van der Waals surface area contributed by atoms with Crippen molar-refractivity contribution in [2.45, 2.75) is 38.6 Å². The van der Waals surface area contributed by atoms with Crippen LogP contribution in [-0.4, -0.2) is 63.8 Å². The Bertz CT molecular complexity index is 609. The van der Waals surface area contributed by atoms with Gasteiger partial charge in [0, 0.05) is 66.7 Å². The summed E-state index contributed by atoms with van der Waals surface area (Å²) >= 11 is 4.24. The molecule has 0 bridgehead atoms. The van der Waals surface area contributed by atoms with Crippen molar-refractivity contribution >= 4 is 37.2 Å². The molecule has 0 aliphatic carbocycles. The smallest absolute Gasteiger partial charge is 0.161 e. The van der Waals surface area contributed by atoms with E-state index in [1.54, 1.807) is 14.2 Å². The largest absolute Gasteiger partial charge is 0.493 e. The number of hydrogen-bond acceptors (Lipinski definition) is 4. The average molecular weight is 588 g/mol. The number of likely N-dealkylation sites (tertiary alicyclic amines) is 1. The third kappa shape index (κ3) is 3.98. The van der Waals surface area contributed by atoms with E-state index in [1.807, 2.05) is 6.07 Å². The Morgan fingerprint density at radius 3 is 2.04 bits per heavy atom. The maximum absolute atomic E-state index is 5.56. The van der Waals surface area contributed by atoms with Gasteiger partial charge >= 0.3 is 0 Å². The van der Waals surface area contributed by atoms with Crippen LogP contribution in [-0.2, 0) is 5.41 Å². The van der Waals surface area contributed by atoms with Gasteiger partial charge in [-0.25, -0.2) is 0 Å². The van der Waals surface area contributed by atoms with Gasteiger partial charge in [-0.2, -0.15) is 0 Å². The fourth-order valence-corrected chi connectivity index (χ4v) is 4.44. The zero-order valence-corrected chi connectivity index (χ0v) is 21.9. The number of halogens is 2. The van der Waals surface area contributed by atoms with Gasteiger partial charge in [-0.05, 0) is 52.7 Å². The Morgan fingerprint density at radius 2 is 1.58 bits per heavy atom. The van der Waals surface area contributed by atoms with E-state index in [4.69, 9.17) is 9.47 Å². The molecule has 1 aliphatic heterocycles. The van der Waals surface area contributed by atoms with E-state index in [-0.39, 0.29) is 16.4 Å². The van der Waals surface area contributed by atoms with Crippen molar-refractivity contribution < 1.29 is 9.47 Å². The van der Waals surface area contributed by atoms with Gasteiger partial charge in [-0.15, -0.1) is 0 Å². The van der Waals surface area contributed by atoms with Gasteiger partial charge in [0.15, 0.2) is 11.5 Å². The van der Waals surface area contributed by atoms with Gasteiger partial charge in [-0.1, -0.05) is 19.9 Å². The molecule has 0 saturated carbocycles. The number of nitrogens with zero attached hydrogens (tertiary/aromatic N) is 2. The lowest BCUT2D eigenvalue weighted by molar-refractivity contribution is 0.00360. The van der Waals surface area contributed by atoms with Crippen LogP contribution >= 0.6 is 37.2 Å². The second-order valence-electron chi connectivity index (χ2n) is 8.36. The van der Waals surface area contributed by atoms with Crippen molar-refractivity contribution in [1.29, 1.82) is 0 Å². The zero-order chi connectivity index (χ0) is 20.3. The summed E-state index contributed by atoms with van der Waals surface area (Å²) < 4.78 is 11.0. The molecule has 2 rings (SSSR count). The molecule has 1 saturated heterocycles. The van der Waals surface area contributed by atoms with Crippen LogP contribution in [0.15, 0.2) is 18.2 Å². The minimum atomic E-state index is 0.00900. The second-order valence-corrected chi connectivity index (χ2v) is 8.36. The Kier molecular flexibility index (Phi) is 8.51. The molecular formula is C20H34I2N2O2. The van der Waals surface area contributed by atoms with Gasteiger partial charge < -0.3 is 19.3 Å². The topological polar surface area (TPSA) is 24.9 Å². The molecule has 0 aromatic heterocycles. The predicted octanol–water partition coefficient (Wildman–Crippen LogP) is 5.02. The van der Waals surface area contributed by atoms with E-state index >= 15 is 0 Å². The highest BCUT2D eigenvalue weighted by atomic mass is 128. The highest BCUT2D eigenvalue weighted by molar-refractivity contribution is 15.0. The maximum atomic E-state index is 5.56. The van der Waals surface area contributed by atoms with E-state index in [1.165, 1.54) is 5.56 Å². The number of hydrogen-bond donors (Lipinski definition) is 0. The Labute approximate surface area is 183 Å². The van der Waals surface area contributed by atoms with Crippen molar-refractivity contribution in [2.24, 2.45) is 5.41 Å². The second kappa shape index (κ2) is 9.13. The first-order chi connectivity index (χ1) is 12.0. The molecular weight excluding hydrogens is 554 g/mol. The molecule has 1 fully saturated rings. The lowest BCUT2D eigenvalue weighted by atomic mass is 9.55. The molecule has 1 aliphatic rings. The number of ether oxygens (including phenoxy) is 2. The van der Waals surface area contributed by atoms with E-state index in [2.05, 4.69) is 108 Å². The van der Waals surface area contributed by atoms with Gasteiger partial charge in [0.25, 0.3) is 0 Å². The van der Waals surface area contributed by atoms with Crippen LogP contribution in [0.1, 0.15) is 33.3 Å². The van der Waals surface area contributed by atoms with Crippen LogP contribution < -0.4 is 9.47 Å². The first-order valence-corrected chi connectivity index (χ1v) is 15.0. The Hall–Kier alpha value is 0.200. The van der Waals surface area contributed by atoms with Crippen LogP contribution in [0, 0.1) is 5.41 Å². The zero-order valence-electron chi connectivity index (χ0n) is 17.6. The lowest BCUT2D eigenvalue weighted by Gasteiger charge is -2.54. The molecule has 6 heteroatoms. The third-order valence-electron chi connectivity index (χ3n) is 6.88. The molecule has 0 radical (unpaired) electrons. The summed E-state index contributed by atoms with van der Waals surface area (Å²) in [6.07, 6.45) is 0. The molecule has 0 amide bonds. The standard InChI is InChI=1S/C20H34N2O2.I2/c1-18(2,21(5)6)20(4)14-22(7)13-19(20,3)15-10-11-16(23-8)17(12-15)24-9;1-2/h10-12H,13-14H2,1-9H3;. The van der Waals surface area contributed by atoms with Crippen molar-refractivity contribution in [2.75, 3.05) is 48.5 Å². The Morgan fingerprint density at radius 1 is 1.04 bits per heavy atom. The van der Waals surface area contributed by atoms with Crippen molar-refractivity contribution in [3.05, 3.63) is 23.8 Å². The molecule has 0 spiro atoms. The lowest BCUT2D eigenvalue weighted by Crippen LogP contribution is -2.60. The van der Waals surface area contributed by atoms with Crippen molar-refractivity contribution in [3.8, 4) is 11.5 Å². The first kappa shape index (κ1) is 24.2. The van der Waals surface area contributed by atoms with Crippen molar-refractivity contribution in [3.63, 3.8) is 0 Å². The molecule has 2 atom stereocenters. The SMILES string of the molecule is COc1ccc(C2(C)CN(C)CC2(C)C(C)(C)N(C)C)cc1OC.II. The number of likely N-dealkylation sites (N-methyl/N-ethyl adjacent to an activating group) is 1. The van der Waals surface area contributed by atoms with Crippen LogP contribution in [0.2, 0.25) is 0 Å². The number of methoxy groups -OCH3 is 2. The molecule has 0 N–H and O–H groups in total. The molecule has 26 heavy (non-hydrogen) atoms.